The van der Waals surface area contributed by atoms with Crippen LogP contribution in [-0.2, 0) is 11.3 Å². The Morgan fingerprint density at radius 2 is 1.74 bits per heavy atom. The zero-order valence-electron chi connectivity index (χ0n) is 11.5. The first-order valence-corrected chi connectivity index (χ1v) is 7.74. The first-order valence-electron chi connectivity index (χ1n) is 7.74. The highest BCUT2D eigenvalue weighted by Gasteiger charge is 2.55. The van der Waals surface area contributed by atoms with Gasteiger partial charge in [-0.3, -0.25) is 4.90 Å². The molecule has 1 aromatic carbocycles. The lowest BCUT2D eigenvalue weighted by Crippen LogP contribution is -2.25. The Morgan fingerprint density at radius 1 is 1.00 bits per heavy atom. The molecule has 102 valence electrons. The summed E-state index contributed by atoms with van der Waals surface area (Å²) >= 11 is 0. The molecule has 0 aromatic heterocycles. The first kappa shape index (κ1) is 11.9. The highest BCUT2D eigenvalue weighted by Crippen LogP contribution is 2.52. The fourth-order valence-electron chi connectivity index (χ4n) is 3.61. The topological polar surface area (TPSA) is 12.5 Å². The molecule has 0 amide bonds. The number of nitrogens with zero attached hydrogens (tertiary/aromatic N) is 1. The minimum atomic E-state index is 0.880. The number of hydrogen-bond donors (Lipinski definition) is 0. The average Bonchev–Trinajstić information content (AvgIpc) is 3.32. The van der Waals surface area contributed by atoms with Crippen LogP contribution in [0, 0.1) is 23.7 Å². The van der Waals surface area contributed by atoms with Gasteiger partial charge in [0.1, 0.15) is 0 Å². The lowest BCUT2D eigenvalue weighted by Gasteiger charge is -2.19. The van der Waals surface area contributed by atoms with Gasteiger partial charge >= 0.3 is 0 Å². The summed E-state index contributed by atoms with van der Waals surface area (Å²) in [6.45, 7) is 5.77. The van der Waals surface area contributed by atoms with Gasteiger partial charge in [-0.25, -0.2) is 0 Å². The molecule has 1 aliphatic heterocycles. The molecule has 0 bridgehead atoms. The van der Waals surface area contributed by atoms with E-state index in [1.165, 1.54) is 31.5 Å². The molecule has 2 nitrogen and oxygen atoms in total. The Kier molecular flexibility index (Phi) is 3.08. The maximum absolute atomic E-state index is 5.85. The van der Waals surface area contributed by atoms with Crippen molar-refractivity contribution in [3.63, 3.8) is 0 Å². The zero-order valence-corrected chi connectivity index (χ0v) is 11.5. The van der Waals surface area contributed by atoms with E-state index in [0.717, 1.165) is 43.4 Å². The van der Waals surface area contributed by atoms with Gasteiger partial charge in [0.2, 0.25) is 0 Å². The van der Waals surface area contributed by atoms with Crippen molar-refractivity contribution in [1.82, 2.24) is 4.90 Å². The van der Waals surface area contributed by atoms with E-state index in [0.29, 0.717) is 0 Å². The maximum atomic E-state index is 5.85. The number of likely N-dealkylation sites (tertiary alicyclic amines) is 1. The maximum Gasteiger partial charge on any atom is 0.0500 e. The molecule has 1 unspecified atom stereocenters. The van der Waals surface area contributed by atoms with E-state index >= 15 is 0 Å². The van der Waals surface area contributed by atoms with E-state index in [9.17, 15) is 0 Å². The number of piperidine rings is 1. The summed E-state index contributed by atoms with van der Waals surface area (Å²) in [6.07, 6.45) is 2.81. The van der Waals surface area contributed by atoms with Crippen molar-refractivity contribution in [1.29, 1.82) is 0 Å². The molecule has 4 rings (SSSR count). The second-order valence-corrected chi connectivity index (χ2v) is 6.65. The van der Waals surface area contributed by atoms with Crippen LogP contribution >= 0.6 is 0 Å². The second kappa shape index (κ2) is 4.92. The van der Waals surface area contributed by atoms with Gasteiger partial charge in [0, 0.05) is 26.2 Å². The largest absolute Gasteiger partial charge is 0.381 e. The standard InChI is InChI=1S/C17H23NO/c1-2-4-13(5-3-1)8-18-9-15-16(10-18)17(15)12-19-11-14-6-7-14/h1-5,14-17H,6-12H2/t15-,16+,17?. The molecular formula is C17H23NO. The summed E-state index contributed by atoms with van der Waals surface area (Å²) in [5.74, 6) is 3.66. The summed E-state index contributed by atoms with van der Waals surface area (Å²) < 4.78 is 5.85. The smallest absolute Gasteiger partial charge is 0.0500 e. The minimum Gasteiger partial charge on any atom is -0.381 e. The molecule has 2 saturated carbocycles. The van der Waals surface area contributed by atoms with E-state index in [4.69, 9.17) is 4.74 Å². The van der Waals surface area contributed by atoms with Crippen molar-refractivity contribution in [3.05, 3.63) is 35.9 Å². The molecule has 3 atom stereocenters. The zero-order chi connectivity index (χ0) is 12.7. The number of hydrogen-bond acceptors (Lipinski definition) is 2. The van der Waals surface area contributed by atoms with Crippen LogP contribution < -0.4 is 0 Å². The van der Waals surface area contributed by atoms with Crippen LogP contribution in [0.5, 0.6) is 0 Å². The third-order valence-electron chi connectivity index (χ3n) is 5.06. The van der Waals surface area contributed by atoms with Crippen LogP contribution in [0.4, 0.5) is 0 Å². The quantitative estimate of drug-likeness (QED) is 0.777. The summed E-state index contributed by atoms with van der Waals surface area (Å²) in [4.78, 5) is 2.61. The van der Waals surface area contributed by atoms with Crippen LogP contribution in [0.15, 0.2) is 30.3 Å². The van der Waals surface area contributed by atoms with Crippen molar-refractivity contribution in [3.8, 4) is 0 Å². The molecular weight excluding hydrogens is 234 g/mol. The van der Waals surface area contributed by atoms with Gasteiger partial charge in [0.15, 0.2) is 0 Å². The number of benzene rings is 1. The highest BCUT2D eigenvalue weighted by molar-refractivity contribution is 5.15. The van der Waals surface area contributed by atoms with E-state index < -0.39 is 0 Å². The van der Waals surface area contributed by atoms with Crippen LogP contribution in [0.25, 0.3) is 0 Å². The van der Waals surface area contributed by atoms with Crippen molar-refractivity contribution >= 4 is 0 Å². The normalized spacial score (nSPS) is 33.4. The van der Waals surface area contributed by atoms with Crippen LogP contribution in [0.1, 0.15) is 18.4 Å². The molecule has 19 heavy (non-hydrogen) atoms. The van der Waals surface area contributed by atoms with Crippen LogP contribution in [0.2, 0.25) is 0 Å². The van der Waals surface area contributed by atoms with E-state index in [1.807, 2.05) is 0 Å². The predicted molar refractivity (Wildman–Crippen MR) is 75.7 cm³/mol. The monoisotopic (exact) mass is 257 g/mol. The van der Waals surface area contributed by atoms with Crippen molar-refractivity contribution in [2.75, 3.05) is 26.3 Å². The Labute approximate surface area is 115 Å². The Morgan fingerprint density at radius 3 is 2.42 bits per heavy atom. The van der Waals surface area contributed by atoms with Gasteiger partial charge in [0.05, 0.1) is 6.61 Å². The lowest BCUT2D eigenvalue weighted by atomic mass is 10.2. The SMILES string of the molecule is c1ccc(CN2C[C@@H]3C(COCC4CC4)[C@@H]3C2)cc1. The number of fused-ring (bicyclic) bond motifs is 1. The van der Waals surface area contributed by atoms with E-state index in [2.05, 4.69) is 35.2 Å². The number of rotatable bonds is 6. The molecule has 0 N–H and O–H groups in total. The summed E-state index contributed by atoms with van der Waals surface area (Å²) in [7, 11) is 0. The molecule has 0 spiro atoms. The second-order valence-electron chi connectivity index (χ2n) is 6.65. The van der Waals surface area contributed by atoms with Gasteiger partial charge in [-0.2, -0.15) is 0 Å². The Bertz CT molecular complexity index is 416. The molecule has 2 heteroatoms. The van der Waals surface area contributed by atoms with E-state index in [1.54, 1.807) is 0 Å². The first-order chi connectivity index (χ1) is 9.40. The van der Waals surface area contributed by atoms with Crippen LogP contribution in [-0.4, -0.2) is 31.2 Å². The summed E-state index contributed by atoms with van der Waals surface area (Å²) in [5.41, 5.74) is 1.45. The third kappa shape index (κ3) is 2.70. The van der Waals surface area contributed by atoms with Crippen molar-refractivity contribution < 1.29 is 4.74 Å². The molecule has 3 fully saturated rings. The highest BCUT2D eigenvalue weighted by atomic mass is 16.5. The lowest BCUT2D eigenvalue weighted by molar-refractivity contribution is 0.101. The van der Waals surface area contributed by atoms with Crippen molar-refractivity contribution in [2.45, 2.75) is 19.4 Å². The van der Waals surface area contributed by atoms with Gasteiger partial charge in [-0.05, 0) is 42.1 Å². The van der Waals surface area contributed by atoms with Gasteiger partial charge in [-0.1, -0.05) is 30.3 Å². The van der Waals surface area contributed by atoms with Gasteiger partial charge < -0.3 is 4.74 Å². The third-order valence-corrected chi connectivity index (χ3v) is 5.06. The van der Waals surface area contributed by atoms with Gasteiger partial charge in [0.25, 0.3) is 0 Å². The van der Waals surface area contributed by atoms with Crippen molar-refractivity contribution in [2.24, 2.45) is 23.7 Å². The predicted octanol–water partition coefficient (Wildman–Crippen LogP) is 2.79. The van der Waals surface area contributed by atoms with Crippen LogP contribution in [0.3, 0.4) is 0 Å². The number of ether oxygens (including phenoxy) is 1. The minimum absolute atomic E-state index is 0.880. The Hall–Kier alpha value is -0.860. The molecule has 1 heterocycles. The average molecular weight is 257 g/mol. The summed E-state index contributed by atoms with van der Waals surface area (Å²) in [6, 6.07) is 10.8. The fraction of sp³-hybridized carbons (Fsp3) is 0.647. The molecule has 1 saturated heterocycles. The molecule has 2 aliphatic carbocycles. The fourth-order valence-corrected chi connectivity index (χ4v) is 3.61. The van der Waals surface area contributed by atoms with Gasteiger partial charge in [-0.15, -0.1) is 0 Å². The molecule has 0 radical (unpaired) electrons. The molecule has 3 aliphatic rings. The summed E-state index contributed by atoms with van der Waals surface area (Å²) in [5, 5.41) is 0. The Balaban J connectivity index is 1.20. The molecule has 1 aromatic rings. The van der Waals surface area contributed by atoms with E-state index in [-0.39, 0.29) is 0 Å².